The van der Waals surface area contributed by atoms with E-state index in [-0.39, 0.29) is 0 Å². The fraction of sp³-hybridized carbons (Fsp3) is 0.667. The van der Waals surface area contributed by atoms with Crippen LogP contribution in [-0.4, -0.2) is 0 Å². The molecule has 0 heterocycles. The molecule has 0 radical (unpaired) electrons. The van der Waals surface area contributed by atoms with Crippen molar-refractivity contribution in [2.24, 2.45) is 5.41 Å². The summed E-state index contributed by atoms with van der Waals surface area (Å²) in [6.07, 6.45) is 4.31. The van der Waals surface area contributed by atoms with Gasteiger partial charge in [-0.1, -0.05) is 52.3 Å². The second kappa shape index (κ2) is 7.15. The molecule has 72 valence electrons. The maximum absolute atomic E-state index is 3.83. The average molecular weight is 168 g/mol. The SMILES string of the molecule is C=C(C)C(C)(C)C.C=CCCC. The van der Waals surface area contributed by atoms with Gasteiger partial charge in [-0.2, -0.15) is 0 Å². The zero-order chi connectivity index (χ0) is 10.2. The summed E-state index contributed by atoms with van der Waals surface area (Å²) in [4.78, 5) is 0. The topological polar surface area (TPSA) is 0 Å². The predicted octanol–water partition coefficient (Wildman–Crippen LogP) is 4.58. The molecule has 0 bridgehead atoms. The van der Waals surface area contributed by atoms with E-state index in [0.717, 1.165) is 6.42 Å². The molecule has 0 aliphatic heterocycles. The molecule has 0 rings (SSSR count). The summed E-state index contributed by atoms with van der Waals surface area (Å²) < 4.78 is 0. The maximum atomic E-state index is 3.83. The van der Waals surface area contributed by atoms with Crippen LogP contribution < -0.4 is 0 Å². The standard InChI is InChI=1S/C7H14.C5H10/c1-6(2)7(3,4)5;1-3-5-4-2/h1H2,2-5H3;3H,1,4-5H2,2H3. The Morgan fingerprint density at radius 2 is 1.67 bits per heavy atom. The van der Waals surface area contributed by atoms with Gasteiger partial charge in [0.15, 0.2) is 0 Å². The van der Waals surface area contributed by atoms with Gasteiger partial charge >= 0.3 is 0 Å². The van der Waals surface area contributed by atoms with Crippen molar-refractivity contribution in [3.63, 3.8) is 0 Å². The number of hydrogen-bond acceptors (Lipinski definition) is 0. The van der Waals surface area contributed by atoms with Crippen LogP contribution in [0.2, 0.25) is 0 Å². The monoisotopic (exact) mass is 168 g/mol. The molecule has 0 aromatic heterocycles. The molecule has 0 unspecified atom stereocenters. The summed E-state index contributed by atoms with van der Waals surface area (Å²) in [5.74, 6) is 0. The first-order valence-corrected chi connectivity index (χ1v) is 4.63. The molecule has 0 aromatic rings. The van der Waals surface area contributed by atoms with E-state index in [0.29, 0.717) is 5.41 Å². The summed E-state index contributed by atoms with van der Waals surface area (Å²) in [7, 11) is 0. The quantitative estimate of drug-likeness (QED) is 0.529. The molecule has 0 amide bonds. The third-order valence-electron chi connectivity index (χ3n) is 1.77. The zero-order valence-corrected chi connectivity index (χ0v) is 9.41. The largest absolute Gasteiger partial charge is 0.103 e. The molecule has 0 N–H and O–H groups in total. The summed E-state index contributed by atoms with van der Waals surface area (Å²) >= 11 is 0. The molecule has 0 heteroatoms. The molecular formula is C12H24. The van der Waals surface area contributed by atoms with Crippen molar-refractivity contribution in [1.82, 2.24) is 0 Å². The van der Waals surface area contributed by atoms with Gasteiger partial charge in [-0.3, -0.25) is 0 Å². The third-order valence-corrected chi connectivity index (χ3v) is 1.77. The van der Waals surface area contributed by atoms with Crippen molar-refractivity contribution in [3.05, 3.63) is 24.8 Å². The lowest BCUT2D eigenvalue weighted by atomic mass is 9.89. The Morgan fingerprint density at radius 3 is 1.67 bits per heavy atom. The van der Waals surface area contributed by atoms with E-state index in [1.165, 1.54) is 12.0 Å². The molecule has 0 spiro atoms. The molecule has 0 aliphatic carbocycles. The van der Waals surface area contributed by atoms with Gasteiger partial charge in [0.2, 0.25) is 0 Å². The number of unbranched alkanes of at least 4 members (excludes halogenated alkanes) is 1. The van der Waals surface area contributed by atoms with Crippen molar-refractivity contribution in [2.75, 3.05) is 0 Å². The van der Waals surface area contributed by atoms with Crippen LogP contribution in [-0.2, 0) is 0 Å². The Morgan fingerprint density at radius 1 is 1.33 bits per heavy atom. The molecule has 0 aliphatic rings. The summed E-state index contributed by atoms with van der Waals surface area (Å²) in [6.45, 7) is 18.1. The number of rotatable bonds is 2. The first-order chi connectivity index (χ1) is 5.36. The number of hydrogen-bond donors (Lipinski definition) is 0. The first-order valence-electron chi connectivity index (χ1n) is 4.63. The van der Waals surface area contributed by atoms with Crippen LogP contribution in [0.5, 0.6) is 0 Å². The van der Waals surface area contributed by atoms with Gasteiger partial charge in [-0.25, -0.2) is 0 Å². The third kappa shape index (κ3) is 12.2. The van der Waals surface area contributed by atoms with Gasteiger partial charge in [0, 0.05) is 0 Å². The number of allylic oxidation sites excluding steroid dienone is 2. The van der Waals surface area contributed by atoms with Crippen molar-refractivity contribution in [3.8, 4) is 0 Å². The van der Waals surface area contributed by atoms with Crippen molar-refractivity contribution >= 4 is 0 Å². The van der Waals surface area contributed by atoms with E-state index in [4.69, 9.17) is 0 Å². The molecule has 0 atom stereocenters. The van der Waals surface area contributed by atoms with Crippen molar-refractivity contribution < 1.29 is 0 Å². The fourth-order valence-corrected chi connectivity index (χ4v) is 0.204. The Bertz CT molecular complexity index is 123. The minimum atomic E-state index is 0.306. The van der Waals surface area contributed by atoms with Crippen molar-refractivity contribution in [1.29, 1.82) is 0 Å². The van der Waals surface area contributed by atoms with Crippen LogP contribution >= 0.6 is 0 Å². The summed E-state index contributed by atoms with van der Waals surface area (Å²) in [5.41, 5.74) is 1.55. The van der Waals surface area contributed by atoms with E-state index in [1.54, 1.807) is 0 Å². The van der Waals surface area contributed by atoms with Gasteiger partial charge in [0.25, 0.3) is 0 Å². The van der Waals surface area contributed by atoms with Crippen LogP contribution in [0, 0.1) is 5.41 Å². The van der Waals surface area contributed by atoms with E-state index in [2.05, 4.69) is 47.8 Å². The maximum Gasteiger partial charge on any atom is -0.0178 e. The van der Waals surface area contributed by atoms with Gasteiger partial charge in [-0.15, -0.1) is 6.58 Å². The predicted molar refractivity (Wildman–Crippen MR) is 59.4 cm³/mol. The lowest BCUT2D eigenvalue weighted by molar-refractivity contribution is 0.506. The van der Waals surface area contributed by atoms with E-state index in [1.807, 2.05) is 6.08 Å². The Kier molecular flexibility index (Phi) is 8.36. The van der Waals surface area contributed by atoms with Gasteiger partial charge in [0.1, 0.15) is 0 Å². The van der Waals surface area contributed by atoms with Crippen LogP contribution in [0.4, 0.5) is 0 Å². The highest BCUT2D eigenvalue weighted by Gasteiger charge is 2.08. The van der Waals surface area contributed by atoms with Gasteiger partial charge in [-0.05, 0) is 18.8 Å². The van der Waals surface area contributed by atoms with E-state index in [9.17, 15) is 0 Å². The Balaban J connectivity index is 0. The van der Waals surface area contributed by atoms with E-state index >= 15 is 0 Å². The summed E-state index contributed by atoms with van der Waals surface area (Å²) in [5, 5.41) is 0. The lowest BCUT2D eigenvalue weighted by Crippen LogP contribution is -2.04. The minimum absolute atomic E-state index is 0.306. The van der Waals surface area contributed by atoms with E-state index < -0.39 is 0 Å². The van der Waals surface area contributed by atoms with Gasteiger partial charge in [0.05, 0.1) is 0 Å². The van der Waals surface area contributed by atoms with Crippen LogP contribution in [0.1, 0.15) is 47.5 Å². The van der Waals surface area contributed by atoms with Gasteiger partial charge < -0.3 is 0 Å². The lowest BCUT2D eigenvalue weighted by Gasteiger charge is -2.16. The smallest absolute Gasteiger partial charge is 0.0178 e. The normalized spacial score (nSPS) is 9.75. The Hall–Kier alpha value is -0.520. The zero-order valence-electron chi connectivity index (χ0n) is 9.41. The highest BCUT2D eigenvalue weighted by Crippen LogP contribution is 2.21. The molecule has 0 nitrogen and oxygen atoms in total. The van der Waals surface area contributed by atoms with Crippen LogP contribution in [0.3, 0.4) is 0 Å². The minimum Gasteiger partial charge on any atom is -0.103 e. The first kappa shape index (κ1) is 14.0. The molecule has 0 aromatic carbocycles. The molecule has 0 saturated carbocycles. The molecule has 12 heavy (non-hydrogen) atoms. The second-order valence-corrected chi connectivity index (χ2v) is 4.11. The molecule has 0 saturated heterocycles. The highest BCUT2D eigenvalue weighted by molar-refractivity contribution is 4.99. The Labute approximate surface area is 78.4 Å². The fourth-order valence-electron chi connectivity index (χ4n) is 0.204. The molecular weight excluding hydrogens is 144 g/mol. The highest BCUT2D eigenvalue weighted by atomic mass is 14.1. The van der Waals surface area contributed by atoms with Crippen LogP contribution in [0.25, 0.3) is 0 Å². The summed E-state index contributed by atoms with van der Waals surface area (Å²) in [6, 6.07) is 0. The average Bonchev–Trinajstić information content (AvgIpc) is 1.88. The second-order valence-electron chi connectivity index (χ2n) is 4.11. The van der Waals surface area contributed by atoms with Crippen LogP contribution in [0.15, 0.2) is 24.8 Å². The van der Waals surface area contributed by atoms with Crippen molar-refractivity contribution in [2.45, 2.75) is 47.5 Å². The molecule has 0 fully saturated rings.